The SMILES string of the molecule is Cc1ccc(NC(=O)COC(=O)c2ccc(N3C(=O)[C@@H]4[C@@H]5C[C@@H]([C@H]4C3=O)[C@H](c3ccccc3)C5)cc2)c(C)c1. The van der Waals surface area contributed by atoms with E-state index in [0.717, 1.165) is 24.0 Å². The van der Waals surface area contributed by atoms with Gasteiger partial charge in [0.2, 0.25) is 11.8 Å². The Kier molecular flexibility index (Phi) is 6.29. The first-order valence-corrected chi connectivity index (χ1v) is 13.4. The molecule has 3 aromatic rings. The second-order valence-electron chi connectivity index (χ2n) is 11.0. The van der Waals surface area contributed by atoms with Gasteiger partial charge < -0.3 is 10.1 Å². The van der Waals surface area contributed by atoms with Crippen molar-refractivity contribution in [2.24, 2.45) is 23.7 Å². The van der Waals surface area contributed by atoms with Crippen molar-refractivity contribution < 1.29 is 23.9 Å². The first-order valence-electron chi connectivity index (χ1n) is 13.4. The molecule has 2 bridgehead atoms. The molecular formula is C32H30N2O5. The van der Waals surface area contributed by atoms with Gasteiger partial charge in [0.1, 0.15) is 0 Å². The minimum absolute atomic E-state index is 0.137. The van der Waals surface area contributed by atoms with Gasteiger partial charge in [0.25, 0.3) is 5.91 Å². The minimum atomic E-state index is -0.656. The smallest absolute Gasteiger partial charge is 0.338 e. The predicted molar refractivity (Wildman–Crippen MR) is 146 cm³/mol. The molecule has 3 fully saturated rings. The van der Waals surface area contributed by atoms with E-state index in [2.05, 4.69) is 17.4 Å². The summed E-state index contributed by atoms with van der Waals surface area (Å²) in [4.78, 5) is 53.0. The summed E-state index contributed by atoms with van der Waals surface area (Å²) in [5.74, 6) is -1.22. The van der Waals surface area contributed by atoms with Gasteiger partial charge >= 0.3 is 5.97 Å². The van der Waals surface area contributed by atoms with Crippen molar-refractivity contribution in [1.82, 2.24) is 0 Å². The summed E-state index contributed by atoms with van der Waals surface area (Å²) >= 11 is 0. The maximum Gasteiger partial charge on any atom is 0.338 e. The van der Waals surface area contributed by atoms with E-state index in [-0.39, 0.29) is 41.0 Å². The number of amides is 3. The standard InChI is InChI=1S/C32H30N2O5/c1-18-8-13-26(19(2)14-18)33-27(35)17-39-32(38)21-9-11-23(12-10-21)34-30(36)28-22-15-24(20-6-4-3-5-7-20)25(16-22)29(28)31(34)37/h3-14,22,24-25,28-29H,15-17H2,1-2H3,(H,33,35)/t22-,24-,25+,28+,29+/m0/s1. The number of esters is 1. The third kappa shape index (κ3) is 4.42. The highest BCUT2D eigenvalue weighted by atomic mass is 16.5. The van der Waals surface area contributed by atoms with E-state index in [1.165, 1.54) is 22.6 Å². The molecule has 0 aromatic heterocycles. The monoisotopic (exact) mass is 522 g/mol. The van der Waals surface area contributed by atoms with Gasteiger partial charge in [0.15, 0.2) is 6.61 Å². The van der Waals surface area contributed by atoms with E-state index in [9.17, 15) is 19.2 Å². The Labute approximate surface area is 227 Å². The number of aryl methyl sites for hydroxylation is 2. The van der Waals surface area contributed by atoms with Crippen LogP contribution in [0, 0.1) is 37.5 Å². The highest BCUT2D eigenvalue weighted by Crippen LogP contribution is 2.61. The van der Waals surface area contributed by atoms with Crippen molar-refractivity contribution in [3.63, 3.8) is 0 Å². The largest absolute Gasteiger partial charge is 0.452 e. The summed E-state index contributed by atoms with van der Waals surface area (Å²) in [6, 6.07) is 22.2. The van der Waals surface area contributed by atoms with E-state index in [1.54, 1.807) is 12.1 Å². The molecule has 3 aromatic carbocycles. The Morgan fingerprint density at radius 3 is 2.33 bits per heavy atom. The zero-order chi connectivity index (χ0) is 27.3. The van der Waals surface area contributed by atoms with E-state index in [0.29, 0.717) is 17.3 Å². The lowest BCUT2D eigenvalue weighted by Crippen LogP contribution is -2.33. The number of imide groups is 1. The first kappa shape index (κ1) is 25.0. The number of fused-ring (bicyclic) bond motifs is 5. The maximum atomic E-state index is 13.5. The molecule has 2 saturated carbocycles. The molecule has 1 N–H and O–H groups in total. The third-order valence-corrected chi connectivity index (χ3v) is 8.59. The highest BCUT2D eigenvalue weighted by molar-refractivity contribution is 6.22. The van der Waals surface area contributed by atoms with Gasteiger partial charge in [-0.25, -0.2) is 4.79 Å². The van der Waals surface area contributed by atoms with Crippen LogP contribution in [0.15, 0.2) is 72.8 Å². The quantitative estimate of drug-likeness (QED) is 0.362. The fourth-order valence-corrected chi connectivity index (χ4v) is 6.90. The average Bonchev–Trinajstić information content (AvgIpc) is 3.61. The van der Waals surface area contributed by atoms with Crippen LogP contribution in [0.4, 0.5) is 11.4 Å². The Hall–Kier alpha value is -4.26. The Morgan fingerprint density at radius 1 is 0.897 bits per heavy atom. The number of rotatable bonds is 6. The molecule has 2 aliphatic carbocycles. The van der Waals surface area contributed by atoms with Crippen LogP contribution in [0.5, 0.6) is 0 Å². The summed E-state index contributed by atoms with van der Waals surface area (Å²) in [5.41, 5.74) is 4.61. The summed E-state index contributed by atoms with van der Waals surface area (Å²) in [6.07, 6.45) is 1.85. The van der Waals surface area contributed by atoms with E-state index in [4.69, 9.17) is 4.74 Å². The third-order valence-electron chi connectivity index (χ3n) is 8.59. The number of carbonyl (C=O) groups is 4. The second kappa shape index (κ2) is 9.80. The summed E-state index contributed by atoms with van der Waals surface area (Å²) in [6.45, 7) is 3.44. The van der Waals surface area contributed by atoms with E-state index >= 15 is 0 Å². The van der Waals surface area contributed by atoms with Gasteiger partial charge in [-0.1, -0.05) is 48.0 Å². The Morgan fingerprint density at radius 2 is 1.62 bits per heavy atom. The zero-order valence-electron chi connectivity index (χ0n) is 21.9. The molecule has 7 nitrogen and oxygen atoms in total. The zero-order valence-corrected chi connectivity index (χ0v) is 21.9. The van der Waals surface area contributed by atoms with Gasteiger partial charge in [-0.3, -0.25) is 19.3 Å². The number of hydrogen-bond acceptors (Lipinski definition) is 5. The first-order chi connectivity index (χ1) is 18.8. The van der Waals surface area contributed by atoms with Crippen LogP contribution in [0.3, 0.4) is 0 Å². The molecule has 1 aliphatic heterocycles. The van der Waals surface area contributed by atoms with E-state index < -0.39 is 18.5 Å². The highest BCUT2D eigenvalue weighted by Gasteiger charge is 2.64. The molecule has 198 valence electrons. The molecule has 1 heterocycles. The fourth-order valence-electron chi connectivity index (χ4n) is 6.90. The fraction of sp³-hybridized carbons (Fsp3) is 0.312. The molecular weight excluding hydrogens is 492 g/mol. The molecule has 3 aliphatic rings. The lowest BCUT2D eigenvalue weighted by atomic mass is 9.73. The number of hydrogen-bond donors (Lipinski definition) is 1. The number of nitrogens with zero attached hydrogens (tertiary/aromatic N) is 1. The lowest BCUT2D eigenvalue weighted by molar-refractivity contribution is -0.123. The second-order valence-corrected chi connectivity index (χ2v) is 11.0. The van der Waals surface area contributed by atoms with Crippen molar-refractivity contribution in [2.45, 2.75) is 32.6 Å². The molecule has 0 spiro atoms. The van der Waals surface area contributed by atoms with Crippen LogP contribution in [0.2, 0.25) is 0 Å². The molecule has 1 saturated heterocycles. The molecule has 0 radical (unpaired) electrons. The van der Waals surface area contributed by atoms with Crippen LogP contribution in [0.1, 0.15) is 45.8 Å². The van der Waals surface area contributed by atoms with E-state index in [1.807, 2.05) is 50.2 Å². The van der Waals surface area contributed by atoms with Crippen molar-refractivity contribution in [3.8, 4) is 0 Å². The van der Waals surface area contributed by atoms with Crippen LogP contribution in [-0.2, 0) is 19.1 Å². The maximum absolute atomic E-state index is 13.5. The van der Waals surface area contributed by atoms with Gasteiger partial charge in [-0.05, 0) is 85.9 Å². The normalized spacial score (nSPS) is 25.1. The Balaban J connectivity index is 1.10. The van der Waals surface area contributed by atoms with Crippen LogP contribution in [-0.4, -0.2) is 30.3 Å². The van der Waals surface area contributed by atoms with Crippen molar-refractivity contribution >= 4 is 35.1 Å². The van der Waals surface area contributed by atoms with Gasteiger partial charge in [0, 0.05) is 5.69 Å². The summed E-state index contributed by atoms with van der Waals surface area (Å²) in [7, 11) is 0. The number of benzene rings is 3. The van der Waals surface area contributed by atoms with Gasteiger partial charge in [0.05, 0.1) is 23.1 Å². The molecule has 5 atom stereocenters. The molecule has 7 heteroatoms. The van der Waals surface area contributed by atoms with Crippen LogP contribution < -0.4 is 10.2 Å². The minimum Gasteiger partial charge on any atom is -0.452 e. The molecule has 39 heavy (non-hydrogen) atoms. The molecule has 6 rings (SSSR count). The topological polar surface area (TPSA) is 92.8 Å². The number of carbonyl (C=O) groups excluding carboxylic acids is 4. The van der Waals surface area contributed by atoms with Crippen LogP contribution >= 0.6 is 0 Å². The van der Waals surface area contributed by atoms with Crippen LogP contribution in [0.25, 0.3) is 0 Å². The van der Waals surface area contributed by atoms with Crippen molar-refractivity contribution in [3.05, 3.63) is 95.1 Å². The average molecular weight is 523 g/mol. The van der Waals surface area contributed by atoms with Gasteiger partial charge in [-0.15, -0.1) is 0 Å². The number of nitrogens with one attached hydrogen (secondary N) is 1. The molecule has 3 amide bonds. The van der Waals surface area contributed by atoms with Crippen molar-refractivity contribution in [1.29, 1.82) is 0 Å². The van der Waals surface area contributed by atoms with Gasteiger partial charge in [-0.2, -0.15) is 0 Å². The number of anilines is 2. The lowest BCUT2D eigenvalue weighted by Gasteiger charge is -2.28. The predicted octanol–water partition coefficient (Wildman–Crippen LogP) is 5.03. The Bertz CT molecular complexity index is 1470. The number of ether oxygens (including phenoxy) is 1. The molecule has 0 unspecified atom stereocenters. The van der Waals surface area contributed by atoms with Crippen molar-refractivity contribution in [2.75, 3.05) is 16.8 Å². The summed E-state index contributed by atoms with van der Waals surface area (Å²) in [5, 5.41) is 2.75. The summed E-state index contributed by atoms with van der Waals surface area (Å²) < 4.78 is 5.19.